The number of nitrogens with one attached hydrogen (secondary N) is 1. The highest BCUT2D eigenvalue weighted by molar-refractivity contribution is 5.74. The van der Waals surface area contributed by atoms with Crippen LogP contribution in [0.1, 0.15) is 41.5 Å². The van der Waals surface area contributed by atoms with Crippen molar-refractivity contribution >= 4 is 6.03 Å². The second kappa shape index (κ2) is 9.16. The number of halogens is 2. The van der Waals surface area contributed by atoms with Gasteiger partial charge in [0.05, 0.1) is 0 Å². The lowest BCUT2D eigenvalue weighted by atomic mass is 9.93. The third-order valence-electron chi connectivity index (χ3n) is 7.22. The molecule has 1 N–H and O–H groups in total. The Bertz CT molecular complexity index is 959. The lowest BCUT2D eigenvalue weighted by Gasteiger charge is -2.39. The van der Waals surface area contributed by atoms with E-state index in [0.717, 1.165) is 76.3 Å². The molecule has 0 spiro atoms. The second-order valence-electron chi connectivity index (χ2n) is 9.08. The van der Waals surface area contributed by atoms with Crippen LogP contribution in [-0.2, 0) is 0 Å². The normalized spacial score (nSPS) is 24.4. The molecule has 0 aromatic heterocycles. The zero-order valence-electron chi connectivity index (χ0n) is 18.3. The molecule has 2 saturated heterocycles. The molecule has 2 fully saturated rings. The molecule has 0 bridgehead atoms. The predicted octanol–water partition coefficient (Wildman–Crippen LogP) is 3.57. The first kappa shape index (κ1) is 21.3. The number of hydrogen-bond acceptors (Lipinski definition) is 3. The average molecular weight is 441 g/mol. The van der Waals surface area contributed by atoms with Crippen LogP contribution in [0.15, 0.2) is 42.5 Å². The van der Waals surface area contributed by atoms with Crippen LogP contribution in [0, 0.1) is 11.6 Å². The van der Waals surface area contributed by atoms with E-state index in [-0.39, 0.29) is 29.6 Å². The summed E-state index contributed by atoms with van der Waals surface area (Å²) in [6.07, 6.45) is 1.90. The fourth-order valence-corrected chi connectivity index (χ4v) is 5.44. The molecule has 2 amide bonds. The Morgan fingerprint density at radius 1 is 0.875 bits per heavy atom. The van der Waals surface area contributed by atoms with Gasteiger partial charge in [0.1, 0.15) is 11.6 Å². The van der Waals surface area contributed by atoms with E-state index in [9.17, 15) is 13.6 Å². The molecule has 3 aliphatic rings. The van der Waals surface area contributed by atoms with Crippen LogP contribution in [0.5, 0.6) is 0 Å². The third kappa shape index (κ3) is 4.36. The van der Waals surface area contributed by atoms with Crippen molar-refractivity contribution in [2.45, 2.75) is 24.8 Å². The van der Waals surface area contributed by atoms with Crippen LogP contribution < -0.4 is 5.32 Å². The molecule has 2 atom stereocenters. The zero-order valence-corrected chi connectivity index (χ0v) is 18.3. The first-order valence-electron chi connectivity index (χ1n) is 11.6. The van der Waals surface area contributed by atoms with Gasteiger partial charge in [-0.2, -0.15) is 0 Å². The zero-order chi connectivity index (χ0) is 22.1. The first-order chi connectivity index (χ1) is 15.6. The van der Waals surface area contributed by atoms with E-state index in [1.165, 1.54) is 17.7 Å². The lowest BCUT2D eigenvalue weighted by Crippen LogP contribution is -2.52. The molecule has 0 radical (unpaired) electrons. The van der Waals surface area contributed by atoms with Crippen molar-refractivity contribution in [3.05, 3.63) is 70.8 Å². The van der Waals surface area contributed by atoms with Crippen LogP contribution in [0.25, 0.3) is 0 Å². The number of carbonyl (C=O) groups excluding carboxylic acids is 1. The van der Waals surface area contributed by atoms with Crippen LogP contribution in [0.3, 0.4) is 0 Å². The number of amides is 2. The van der Waals surface area contributed by atoms with Crippen LogP contribution in [0.2, 0.25) is 0 Å². The third-order valence-corrected chi connectivity index (χ3v) is 7.22. The van der Waals surface area contributed by atoms with Gasteiger partial charge < -0.3 is 10.2 Å². The van der Waals surface area contributed by atoms with Crippen molar-refractivity contribution in [2.24, 2.45) is 0 Å². The van der Waals surface area contributed by atoms with Crippen molar-refractivity contribution in [2.75, 3.05) is 52.4 Å². The number of carbonyl (C=O) groups is 1. The second-order valence-corrected chi connectivity index (χ2v) is 9.08. The van der Waals surface area contributed by atoms with E-state index in [4.69, 9.17) is 0 Å². The minimum atomic E-state index is -0.249. The summed E-state index contributed by atoms with van der Waals surface area (Å²) < 4.78 is 27.5. The molecule has 32 heavy (non-hydrogen) atoms. The molecular weight excluding hydrogens is 410 g/mol. The van der Waals surface area contributed by atoms with Crippen molar-refractivity contribution in [1.82, 2.24) is 20.0 Å². The maximum Gasteiger partial charge on any atom is 0.317 e. The standard InChI is InChI=1S/C25H30F2N4O/c26-19-4-2-18(3-5-19)22-17-24(21-7-6-20(27)16-23(21)22)30-13-10-29(11-14-30)12-15-31-9-1-8-28-25(31)32/h2-7,16,22,24H,1,8-15,17H2,(H,28,32). The average Bonchev–Trinajstić information content (AvgIpc) is 3.18. The quantitative estimate of drug-likeness (QED) is 0.773. The van der Waals surface area contributed by atoms with Gasteiger partial charge in [-0.1, -0.05) is 18.2 Å². The molecule has 5 nitrogen and oxygen atoms in total. The Labute approximate surface area is 188 Å². The maximum absolute atomic E-state index is 14.1. The molecule has 1 aliphatic carbocycles. The largest absolute Gasteiger partial charge is 0.338 e. The van der Waals surface area contributed by atoms with E-state index in [1.807, 2.05) is 23.1 Å². The Morgan fingerprint density at radius 3 is 2.38 bits per heavy atom. The Morgan fingerprint density at radius 2 is 1.62 bits per heavy atom. The van der Waals surface area contributed by atoms with Gasteiger partial charge in [0, 0.05) is 64.3 Å². The highest BCUT2D eigenvalue weighted by atomic mass is 19.1. The Balaban J connectivity index is 1.24. The molecule has 7 heteroatoms. The number of piperazine rings is 1. The summed E-state index contributed by atoms with van der Waals surface area (Å²) in [5, 5.41) is 2.91. The molecule has 5 rings (SSSR count). The van der Waals surface area contributed by atoms with Gasteiger partial charge in [0.25, 0.3) is 0 Å². The summed E-state index contributed by atoms with van der Waals surface area (Å²) >= 11 is 0. The Hall–Kier alpha value is -2.51. The molecule has 2 heterocycles. The maximum atomic E-state index is 14.1. The molecule has 2 aromatic rings. The molecule has 0 saturated carbocycles. The van der Waals surface area contributed by atoms with E-state index in [1.54, 1.807) is 12.1 Å². The van der Waals surface area contributed by atoms with Gasteiger partial charge in [-0.05, 0) is 53.8 Å². The smallest absolute Gasteiger partial charge is 0.317 e. The number of urea groups is 1. The van der Waals surface area contributed by atoms with E-state index in [2.05, 4.69) is 15.1 Å². The molecule has 2 aromatic carbocycles. The summed E-state index contributed by atoms with van der Waals surface area (Å²) in [5.74, 6) is -0.383. The summed E-state index contributed by atoms with van der Waals surface area (Å²) in [6, 6.07) is 12.1. The Kier molecular flexibility index (Phi) is 6.11. The van der Waals surface area contributed by atoms with E-state index in [0.29, 0.717) is 0 Å². The van der Waals surface area contributed by atoms with Gasteiger partial charge in [0.15, 0.2) is 0 Å². The summed E-state index contributed by atoms with van der Waals surface area (Å²) in [4.78, 5) is 18.8. The molecular formula is C25H30F2N4O. The minimum Gasteiger partial charge on any atom is -0.338 e. The lowest BCUT2D eigenvalue weighted by molar-refractivity contribution is 0.0879. The fourth-order valence-electron chi connectivity index (χ4n) is 5.44. The summed E-state index contributed by atoms with van der Waals surface area (Å²) in [5.41, 5.74) is 3.26. The first-order valence-corrected chi connectivity index (χ1v) is 11.6. The van der Waals surface area contributed by atoms with Crippen LogP contribution in [-0.4, -0.2) is 73.1 Å². The van der Waals surface area contributed by atoms with E-state index < -0.39 is 0 Å². The SMILES string of the molecule is O=C1NCCCN1CCN1CCN(C2CC(c3ccc(F)cc3)c3cc(F)ccc32)CC1. The summed E-state index contributed by atoms with van der Waals surface area (Å²) in [6.45, 7) is 7.10. The van der Waals surface area contributed by atoms with Gasteiger partial charge in [0.2, 0.25) is 0 Å². The number of nitrogens with zero attached hydrogens (tertiary/aromatic N) is 3. The van der Waals surface area contributed by atoms with Gasteiger partial charge in [-0.3, -0.25) is 9.80 Å². The number of benzene rings is 2. The van der Waals surface area contributed by atoms with Crippen molar-refractivity contribution in [3.8, 4) is 0 Å². The van der Waals surface area contributed by atoms with Gasteiger partial charge in [-0.25, -0.2) is 13.6 Å². The fraction of sp³-hybridized carbons (Fsp3) is 0.480. The minimum absolute atomic E-state index is 0.0523. The summed E-state index contributed by atoms with van der Waals surface area (Å²) in [7, 11) is 0. The molecule has 2 aliphatic heterocycles. The van der Waals surface area contributed by atoms with Crippen LogP contribution >= 0.6 is 0 Å². The van der Waals surface area contributed by atoms with Crippen molar-refractivity contribution in [3.63, 3.8) is 0 Å². The monoisotopic (exact) mass is 440 g/mol. The number of rotatable bonds is 5. The number of hydrogen-bond donors (Lipinski definition) is 1. The predicted molar refractivity (Wildman–Crippen MR) is 120 cm³/mol. The topological polar surface area (TPSA) is 38.8 Å². The molecule has 2 unspecified atom stereocenters. The highest BCUT2D eigenvalue weighted by Crippen LogP contribution is 2.47. The van der Waals surface area contributed by atoms with Gasteiger partial charge >= 0.3 is 6.03 Å². The van der Waals surface area contributed by atoms with E-state index >= 15 is 0 Å². The van der Waals surface area contributed by atoms with Crippen molar-refractivity contribution in [1.29, 1.82) is 0 Å². The molecule has 170 valence electrons. The van der Waals surface area contributed by atoms with Crippen LogP contribution in [0.4, 0.5) is 13.6 Å². The van der Waals surface area contributed by atoms with Crippen molar-refractivity contribution < 1.29 is 13.6 Å². The number of fused-ring (bicyclic) bond motifs is 1. The van der Waals surface area contributed by atoms with Gasteiger partial charge in [-0.15, -0.1) is 0 Å². The highest BCUT2D eigenvalue weighted by Gasteiger charge is 2.36.